The van der Waals surface area contributed by atoms with Crippen LogP contribution in [0.1, 0.15) is 45.4 Å². The van der Waals surface area contributed by atoms with Crippen molar-refractivity contribution in [3.8, 4) is 11.5 Å². The number of thiol groups is 1. The van der Waals surface area contributed by atoms with Crippen molar-refractivity contribution in [1.82, 2.24) is 19.6 Å². The van der Waals surface area contributed by atoms with Gasteiger partial charge in [-0.25, -0.2) is 0 Å². The molecule has 0 bridgehead atoms. The van der Waals surface area contributed by atoms with Crippen LogP contribution in [0, 0.1) is 6.92 Å². The van der Waals surface area contributed by atoms with Gasteiger partial charge in [-0.2, -0.15) is 22.8 Å². The van der Waals surface area contributed by atoms with Crippen LogP contribution in [0.4, 0.5) is 28.4 Å². The van der Waals surface area contributed by atoms with Crippen LogP contribution in [0.2, 0.25) is 0 Å². The van der Waals surface area contributed by atoms with E-state index in [0.717, 1.165) is 11.4 Å². The van der Waals surface area contributed by atoms with E-state index in [1.165, 1.54) is 6.07 Å². The normalized spacial score (nSPS) is 11.5. The van der Waals surface area contributed by atoms with Gasteiger partial charge in [-0.1, -0.05) is 18.2 Å². The summed E-state index contributed by atoms with van der Waals surface area (Å²) in [6.07, 6.45) is 13.2. The minimum atomic E-state index is -0.622. The zero-order valence-corrected chi connectivity index (χ0v) is 29.6. The number of aliphatic imine (C=N–C) groups is 1. The van der Waals surface area contributed by atoms with Crippen LogP contribution in [-0.2, 0) is 13.1 Å². The summed E-state index contributed by atoms with van der Waals surface area (Å²) < 4.78 is 15.5. The number of primary amides is 2. The number of nitrogens with zero attached hydrogens (tertiary/aromatic N) is 5. The van der Waals surface area contributed by atoms with Crippen molar-refractivity contribution in [3.05, 3.63) is 89.5 Å². The highest BCUT2D eigenvalue weighted by molar-refractivity contribution is 7.80. The van der Waals surface area contributed by atoms with E-state index in [2.05, 4.69) is 33.5 Å². The second kappa shape index (κ2) is 18.7. The largest absolute Gasteiger partial charge is 0.491 e. The van der Waals surface area contributed by atoms with Gasteiger partial charge in [0.25, 0.3) is 0 Å². The van der Waals surface area contributed by atoms with Gasteiger partial charge in [0.1, 0.15) is 29.5 Å². The summed E-state index contributed by atoms with van der Waals surface area (Å²) in [5, 5.41) is 15.2. The number of anilines is 4. The molecule has 0 radical (unpaired) electrons. The van der Waals surface area contributed by atoms with Crippen LogP contribution in [0.5, 0.6) is 11.5 Å². The fourth-order valence-corrected chi connectivity index (χ4v) is 5.01. The topological polar surface area (TPSA) is 229 Å². The van der Waals surface area contributed by atoms with Gasteiger partial charge in [-0.15, -0.1) is 0 Å². The predicted molar refractivity (Wildman–Crippen MR) is 206 cm³/mol. The molecule has 16 heteroatoms. The SMILES string of the molecule is CCn1nc(C)cc1C=Nc1cc(C(N)=O)cc(OCCCS)c1NC/C=C/CNc1c(N)cc(C(N)=O)cc1OC/C=C/Cn1cc(N)cn1. The van der Waals surface area contributed by atoms with Gasteiger partial charge in [0.2, 0.25) is 11.8 Å². The molecule has 4 aromatic rings. The Morgan fingerprint density at radius 2 is 1.63 bits per heavy atom. The highest BCUT2D eigenvalue weighted by Gasteiger charge is 2.16. The number of hydrogen-bond donors (Lipinski definition) is 7. The molecule has 0 saturated heterocycles. The second-order valence-electron chi connectivity index (χ2n) is 11.3. The lowest BCUT2D eigenvalue weighted by molar-refractivity contribution is 0.0991. The summed E-state index contributed by atoms with van der Waals surface area (Å²) in [6.45, 7) is 6.48. The first-order valence-corrected chi connectivity index (χ1v) is 16.9. The molecule has 0 saturated carbocycles. The number of carbonyl (C=O) groups is 2. The summed E-state index contributed by atoms with van der Waals surface area (Å²) >= 11 is 4.28. The van der Waals surface area contributed by atoms with Crippen molar-refractivity contribution < 1.29 is 19.1 Å². The average molecular weight is 716 g/mol. The van der Waals surface area contributed by atoms with Gasteiger partial charge < -0.3 is 43.0 Å². The van der Waals surface area contributed by atoms with Gasteiger partial charge in [0, 0.05) is 37.0 Å². The van der Waals surface area contributed by atoms with E-state index in [1.807, 2.05) is 48.9 Å². The zero-order valence-electron chi connectivity index (χ0n) is 28.7. The van der Waals surface area contributed by atoms with Crippen LogP contribution in [0.3, 0.4) is 0 Å². The zero-order chi connectivity index (χ0) is 36.8. The number of aryl methyl sites for hydroxylation is 2. The van der Waals surface area contributed by atoms with Gasteiger partial charge >= 0.3 is 0 Å². The molecule has 0 aliphatic rings. The number of aromatic nitrogens is 4. The lowest BCUT2D eigenvalue weighted by atomic mass is 10.1. The maximum atomic E-state index is 12.2. The number of carbonyl (C=O) groups excluding carboxylic acids is 2. The standard InChI is InChI=1S/C35H45N11O4S/c1-3-46-27(15-23(2)44-46)21-42-29-17-25(35(39)48)19-31(50-13-8-14-51)33(29)41-10-5-4-9-40-32-28(37)16-24(34(38)47)18-30(32)49-12-7-6-11-45-22-26(36)20-43-45/h4-7,15-22,40-41,51H,3,8-14,36-37H2,1-2H3,(H2,38,47)(H2,39,48)/b5-4+,7-6+,42-21?. The molecule has 0 unspecified atom stereocenters. The lowest BCUT2D eigenvalue weighted by Gasteiger charge is -2.16. The maximum Gasteiger partial charge on any atom is 0.248 e. The van der Waals surface area contributed by atoms with Crippen LogP contribution < -0.4 is 43.0 Å². The molecule has 2 heterocycles. The Bertz CT molecular complexity index is 1900. The Labute approximate surface area is 302 Å². The summed E-state index contributed by atoms with van der Waals surface area (Å²) in [7, 11) is 0. The highest BCUT2D eigenvalue weighted by Crippen LogP contribution is 2.37. The molecule has 51 heavy (non-hydrogen) atoms. The number of rotatable bonds is 20. The summed E-state index contributed by atoms with van der Waals surface area (Å²) in [5.74, 6) is 0.241. The van der Waals surface area contributed by atoms with Crippen molar-refractivity contribution in [2.24, 2.45) is 16.5 Å². The number of amides is 2. The first kappa shape index (κ1) is 37.9. The monoisotopic (exact) mass is 715 g/mol. The van der Waals surface area contributed by atoms with Crippen LogP contribution >= 0.6 is 12.6 Å². The predicted octanol–water partition coefficient (Wildman–Crippen LogP) is 3.93. The maximum absolute atomic E-state index is 12.2. The Morgan fingerprint density at radius 3 is 2.27 bits per heavy atom. The second-order valence-corrected chi connectivity index (χ2v) is 11.7. The third-order valence-corrected chi connectivity index (χ3v) is 7.64. The number of allylic oxidation sites excluding steroid dienone is 1. The van der Waals surface area contributed by atoms with Crippen LogP contribution in [-0.4, -0.2) is 69.6 Å². The van der Waals surface area contributed by atoms with Crippen LogP contribution in [0.15, 0.2) is 72.0 Å². The number of nitrogens with two attached hydrogens (primary N) is 4. The molecule has 0 aliphatic heterocycles. The number of hydrogen-bond acceptors (Lipinski definition) is 12. The molecule has 2 aromatic carbocycles. The highest BCUT2D eigenvalue weighted by atomic mass is 32.1. The number of ether oxygens (including phenoxy) is 2. The molecule has 0 atom stereocenters. The molecular weight excluding hydrogens is 671 g/mol. The third kappa shape index (κ3) is 11.1. The molecule has 0 fully saturated rings. The van der Waals surface area contributed by atoms with Crippen molar-refractivity contribution >= 4 is 59.1 Å². The van der Waals surface area contributed by atoms with E-state index in [9.17, 15) is 9.59 Å². The molecule has 2 aromatic heterocycles. The fourth-order valence-electron chi connectivity index (χ4n) is 4.88. The Hall–Kier alpha value is -5.90. The van der Waals surface area contributed by atoms with Gasteiger partial charge in [0.15, 0.2) is 0 Å². The molecule has 270 valence electrons. The van der Waals surface area contributed by atoms with Crippen molar-refractivity contribution in [3.63, 3.8) is 0 Å². The fraction of sp³-hybridized carbons (Fsp3) is 0.286. The molecular formula is C35H45N11O4S. The first-order chi connectivity index (χ1) is 24.6. The van der Waals surface area contributed by atoms with Crippen LogP contribution in [0.25, 0.3) is 0 Å². The smallest absolute Gasteiger partial charge is 0.248 e. The number of nitrogen functional groups attached to an aromatic ring is 2. The Balaban J connectivity index is 1.47. The summed E-state index contributed by atoms with van der Waals surface area (Å²) in [4.78, 5) is 28.8. The average Bonchev–Trinajstić information content (AvgIpc) is 3.69. The molecule has 2 amide bonds. The van der Waals surface area contributed by atoms with Gasteiger partial charge in [-0.05, 0) is 62.4 Å². The van der Waals surface area contributed by atoms with Crippen molar-refractivity contribution in [2.45, 2.75) is 33.4 Å². The summed E-state index contributed by atoms with van der Waals surface area (Å²) in [5.41, 5.74) is 27.8. The van der Waals surface area contributed by atoms with E-state index >= 15 is 0 Å². The van der Waals surface area contributed by atoms with Gasteiger partial charge in [0.05, 0.1) is 54.0 Å². The minimum absolute atomic E-state index is 0.213. The minimum Gasteiger partial charge on any atom is -0.491 e. The van der Waals surface area contributed by atoms with Crippen molar-refractivity contribution in [1.29, 1.82) is 0 Å². The Kier molecular flexibility index (Phi) is 13.9. The first-order valence-electron chi connectivity index (χ1n) is 16.3. The Morgan fingerprint density at radius 1 is 0.941 bits per heavy atom. The van der Waals surface area contributed by atoms with E-state index < -0.39 is 11.8 Å². The van der Waals surface area contributed by atoms with E-state index in [1.54, 1.807) is 41.5 Å². The summed E-state index contributed by atoms with van der Waals surface area (Å²) in [6, 6.07) is 8.22. The molecule has 4 rings (SSSR count). The molecule has 0 spiro atoms. The van der Waals surface area contributed by atoms with Gasteiger partial charge in [-0.3, -0.25) is 23.9 Å². The quantitative estimate of drug-likeness (QED) is 0.0229. The van der Waals surface area contributed by atoms with E-state index in [-0.39, 0.29) is 17.7 Å². The molecule has 10 N–H and O–H groups in total. The third-order valence-electron chi connectivity index (χ3n) is 7.32. The number of nitrogens with one attached hydrogen (secondary N) is 2. The van der Waals surface area contributed by atoms with E-state index in [0.29, 0.717) is 84.9 Å². The molecule has 15 nitrogen and oxygen atoms in total. The lowest BCUT2D eigenvalue weighted by Crippen LogP contribution is -2.14. The van der Waals surface area contributed by atoms with E-state index in [4.69, 9.17) is 37.4 Å². The molecule has 0 aliphatic carbocycles. The van der Waals surface area contributed by atoms with Crippen molar-refractivity contribution in [2.75, 3.05) is 54.2 Å². The number of benzene rings is 2.